The van der Waals surface area contributed by atoms with Gasteiger partial charge in [-0.3, -0.25) is 4.79 Å². The molecule has 1 amide bonds. The second-order valence-electron chi connectivity index (χ2n) is 6.27. The smallest absolute Gasteiger partial charge is 0.378 e. The van der Waals surface area contributed by atoms with Crippen LogP contribution < -0.4 is 10.6 Å². The number of halogens is 3. The zero-order valence-electron chi connectivity index (χ0n) is 14.2. The fourth-order valence-electron chi connectivity index (χ4n) is 2.83. The lowest BCUT2D eigenvalue weighted by atomic mass is 9.98. The third-order valence-corrected chi connectivity index (χ3v) is 4.19. The largest absolute Gasteiger partial charge is 0.416 e. The van der Waals surface area contributed by atoms with Crippen LogP contribution in [0.5, 0.6) is 0 Å². The van der Waals surface area contributed by atoms with Crippen LogP contribution in [0.15, 0.2) is 24.3 Å². The van der Waals surface area contributed by atoms with Gasteiger partial charge in [-0.2, -0.15) is 13.2 Å². The highest BCUT2D eigenvalue weighted by molar-refractivity contribution is 5.80. The topological polar surface area (TPSA) is 50.4 Å². The lowest BCUT2D eigenvalue weighted by Crippen LogP contribution is -2.31. The number of hydrogen-bond donors (Lipinski definition) is 2. The van der Waals surface area contributed by atoms with Gasteiger partial charge >= 0.3 is 6.18 Å². The first kappa shape index (κ1) is 19.6. The van der Waals surface area contributed by atoms with Crippen LogP contribution in [0.2, 0.25) is 0 Å². The van der Waals surface area contributed by atoms with Crippen molar-refractivity contribution in [2.75, 3.05) is 25.0 Å². The van der Waals surface area contributed by atoms with Crippen molar-refractivity contribution in [3.63, 3.8) is 0 Å². The summed E-state index contributed by atoms with van der Waals surface area (Å²) in [6.45, 7) is 1.05. The summed E-state index contributed by atoms with van der Waals surface area (Å²) in [6.07, 6.45) is 2.66. The summed E-state index contributed by atoms with van der Waals surface area (Å²) in [5.41, 5.74) is -0.469. The van der Waals surface area contributed by atoms with Crippen molar-refractivity contribution in [3.8, 4) is 0 Å². The average molecular weight is 358 g/mol. The number of rotatable bonds is 8. The predicted molar refractivity (Wildman–Crippen MR) is 90.4 cm³/mol. The molecular weight excluding hydrogens is 333 g/mol. The molecule has 0 bridgehead atoms. The number of anilines is 1. The van der Waals surface area contributed by atoms with Gasteiger partial charge in [0.05, 0.1) is 18.2 Å². The molecule has 0 spiro atoms. The third-order valence-electron chi connectivity index (χ3n) is 4.19. The van der Waals surface area contributed by atoms with Gasteiger partial charge < -0.3 is 15.4 Å². The molecule has 0 aromatic heterocycles. The van der Waals surface area contributed by atoms with Crippen molar-refractivity contribution in [1.82, 2.24) is 5.32 Å². The zero-order valence-corrected chi connectivity index (χ0v) is 14.2. The maximum atomic E-state index is 12.6. The number of benzene rings is 1. The van der Waals surface area contributed by atoms with Crippen LogP contribution in [0.1, 0.15) is 44.1 Å². The second kappa shape index (κ2) is 9.65. The van der Waals surface area contributed by atoms with Gasteiger partial charge in [0, 0.05) is 18.8 Å². The lowest BCUT2D eigenvalue weighted by molar-refractivity contribution is -0.137. The van der Waals surface area contributed by atoms with E-state index in [1.54, 1.807) is 0 Å². The maximum absolute atomic E-state index is 12.6. The van der Waals surface area contributed by atoms with Crippen molar-refractivity contribution >= 4 is 11.6 Å². The van der Waals surface area contributed by atoms with E-state index in [0.29, 0.717) is 19.3 Å². The third kappa shape index (κ3) is 7.34. The van der Waals surface area contributed by atoms with E-state index < -0.39 is 11.7 Å². The molecule has 140 valence electrons. The summed E-state index contributed by atoms with van der Waals surface area (Å²) in [5, 5.41) is 5.44. The Morgan fingerprint density at radius 2 is 1.96 bits per heavy atom. The number of carbonyl (C=O) groups excluding carboxylic acids is 1. The van der Waals surface area contributed by atoms with Crippen molar-refractivity contribution < 1.29 is 22.7 Å². The number of hydrogen-bond acceptors (Lipinski definition) is 3. The van der Waals surface area contributed by atoms with Crippen LogP contribution in [-0.4, -0.2) is 31.7 Å². The molecule has 2 rings (SSSR count). The minimum atomic E-state index is -4.39. The molecule has 0 aliphatic heterocycles. The Morgan fingerprint density at radius 3 is 2.68 bits per heavy atom. The Labute approximate surface area is 146 Å². The Morgan fingerprint density at radius 1 is 1.20 bits per heavy atom. The minimum Gasteiger partial charge on any atom is -0.378 e. The van der Waals surface area contributed by atoms with Gasteiger partial charge in [-0.25, -0.2) is 0 Å². The number of amides is 1. The van der Waals surface area contributed by atoms with Crippen LogP contribution in [0.4, 0.5) is 18.9 Å². The number of ether oxygens (including phenoxy) is 1. The van der Waals surface area contributed by atoms with E-state index in [0.717, 1.165) is 31.4 Å². The molecule has 2 N–H and O–H groups in total. The minimum absolute atomic E-state index is 0.0647. The fourth-order valence-corrected chi connectivity index (χ4v) is 2.83. The first-order chi connectivity index (χ1) is 11.9. The predicted octanol–water partition coefficient (Wildman–Crippen LogP) is 3.97. The summed E-state index contributed by atoms with van der Waals surface area (Å²) >= 11 is 0. The summed E-state index contributed by atoms with van der Waals surface area (Å²) < 4.78 is 43.6. The highest BCUT2D eigenvalue weighted by Crippen LogP contribution is 2.30. The van der Waals surface area contributed by atoms with Gasteiger partial charge in [-0.05, 0) is 37.5 Å². The Hall–Kier alpha value is -1.76. The van der Waals surface area contributed by atoms with Gasteiger partial charge in [0.25, 0.3) is 0 Å². The number of carbonyl (C=O) groups is 1. The van der Waals surface area contributed by atoms with Gasteiger partial charge in [0.1, 0.15) is 0 Å². The van der Waals surface area contributed by atoms with Gasteiger partial charge in [0.2, 0.25) is 5.91 Å². The molecule has 0 saturated heterocycles. The lowest BCUT2D eigenvalue weighted by Gasteiger charge is -2.21. The highest BCUT2D eigenvalue weighted by atomic mass is 19.4. The molecule has 4 nitrogen and oxygen atoms in total. The molecule has 1 aliphatic rings. The van der Waals surface area contributed by atoms with Gasteiger partial charge in [-0.1, -0.05) is 25.3 Å². The highest BCUT2D eigenvalue weighted by Gasteiger charge is 2.30. The zero-order chi connectivity index (χ0) is 18.1. The molecule has 0 radical (unpaired) electrons. The van der Waals surface area contributed by atoms with Crippen molar-refractivity contribution in [2.45, 2.75) is 50.8 Å². The van der Waals surface area contributed by atoms with E-state index in [9.17, 15) is 18.0 Å². The summed E-state index contributed by atoms with van der Waals surface area (Å²) in [6, 6.07) is 4.80. The first-order valence-corrected chi connectivity index (χ1v) is 8.74. The molecule has 1 aromatic carbocycles. The molecule has 7 heteroatoms. The van der Waals surface area contributed by atoms with Crippen LogP contribution in [-0.2, 0) is 15.7 Å². The van der Waals surface area contributed by atoms with Crippen molar-refractivity contribution in [2.24, 2.45) is 0 Å². The Balaban J connectivity index is 1.59. The molecule has 0 heterocycles. The molecule has 0 atom stereocenters. The Kier molecular flexibility index (Phi) is 7.55. The molecule has 1 aromatic rings. The van der Waals surface area contributed by atoms with Gasteiger partial charge in [-0.15, -0.1) is 0 Å². The molecule has 25 heavy (non-hydrogen) atoms. The van der Waals surface area contributed by atoms with Crippen LogP contribution >= 0.6 is 0 Å². The van der Waals surface area contributed by atoms with E-state index in [-0.39, 0.29) is 18.1 Å². The van der Waals surface area contributed by atoms with Crippen molar-refractivity contribution in [1.29, 1.82) is 0 Å². The molecule has 0 unspecified atom stereocenters. The average Bonchev–Trinajstić information content (AvgIpc) is 2.60. The van der Waals surface area contributed by atoms with E-state index in [4.69, 9.17) is 4.74 Å². The SMILES string of the molecule is O=C(CNc1cccc(C(F)(F)F)c1)NCCCOC1CCCCC1. The number of alkyl halides is 3. The van der Waals surface area contributed by atoms with E-state index >= 15 is 0 Å². The molecule has 1 saturated carbocycles. The van der Waals surface area contributed by atoms with E-state index in [1.165, 1.54) is 31.4 Å². The normalized spacial score (nSPS) is 15.8. The molecule has 1 fully saturated rings. The standard InChI is InChI=1S/C18H25F3N2O2/c19-18(20,21)14-6-4-7-15(12-14)23-13-17(24)22-10-5-11-25-16-8-2-1-3-9-16/h4,6-7,12,16,23H,1-3,5,8-11,13H2,(H,22,24). The quantitative estimate of drug-likeness (QED) is 0.691. The molecule has 1 aliphatic carbocycles. The maximum Gasteiger partial charge on any atom is 0.416 e. The van der Waals surface area contributed by atoms with Crippen LogP contribution in [0.25, 0.3) is 0 Å². The summed E-state index contributed by atoms with van der Waals surface area (Å²) in [7, 11) is 0. The fraction of sp³-hybridized carbons (Fsp3) is 0.611. The molecular formula is C18H25F3N2O2. The van der Waals surface area contributed by atoms with Crippen LogP contribution in [0, 0.1) is 0 Å². The van der Waals surface area contributed by atoms with Crippen LogP contribution in [0.3, 0.4) is 0 Å². The first-order valence-electron chi connectivity index (χ1n) is 8.74. The Bertz CT molecular complexity index is 543. The van der Waals surface area contributed by atoms with Crippen molar-refractivity contribution in [3.05, 3.63) is 29.8 Å². The summed E-state index contributed by atoms with van der Waals surface area (Å²) in [4.78, 5) is 11.7. The summed E-state index contributed by atoms with van der Waals surface area (Å²) in [5.74, 6) is -0.255. The monoisotopic (exact) mass is 358 g/mol. The second-order valence-corrected chi connectivity index (χ2v) is 6.27. The van der Waals surface area contributed by atoms with Gasteiger partial charge in [0.15, 0.2) is 0 Å². The van der Waals surface area contributed by atoms with E-state index in [2.05, 4.69) is 10.6 Å². The van der Waals surface area contributed by atoms with E-state index in [1.807, 2.05) is 0 Å². The number of nitrogens with one attached hydrogen (secondary N) is 2.